The third-order valence-corrected chi connectivity index (χ3v) is 3.35. The van der Waals surface area contributed by atoms with Gasteiger partial charge < -0.3 is 4.57 Å². The summed E-state index contributed by atoms with van der Waals surface area (Å²) >= 11 is 0. The van der Waals surface area contributed by atoms with Crippen LogP contribution in [0, 0.1) is 5.41 Å². The van der Waals surface area contributed by atoms with Crippen molar-refractivity contribution in [1.29, 1.82) is 0 Å². The summed E-state index contributed by atoms with van der Waals surface area (Å²) in [6.45, 7) is 3.32. The van der Waals surface area contributed by atoms with Crippen LogP contribution in [-0.4, -0.2) is 10.9 Å². The van der Waals surface area contributed by atoms with Gasteiger partial charge in [-0.1, -0.05) is 19.8 Å². The van der Waals surface area contributed by atoms with Gasteiger partial charge in [-0.15, -0.1) is 0 Å². The predicted molar refractivity (Wildman–Crippen MR) is 56.4 cm³/mol. The van der Waals surface area contributed by atoms with Gasteiger partial charge in [0.15, 0.2) is 6.29 Å². The first kappa shape index (κ1) is 9.50. The molecule has 1 aromatic heterocycles. The maximum Gasteiger partial charge on any atom is 0.166 e. The number of carbonyl (C=O) groups is 1. The molecule has 1 heterocycles. The first-order valence-corrected chi connectivity index (χ1v) is 5.34. The molecule has 2 rings (SSSR count). The Morgan fingerprint density at radius 2 is 2.21 bits per heavy atom. The molecule has 2 heteroatoms. The largest absolute Gasteiger partial charge is 0.345 e. The van der Waals surface area contributed by atoms with Gasteiger partial charge in [-0.25, -0.2) is 0 Å². The molecule has 0 saturated heterocycles. The molecule has 0 amide bonds. The Morgan fingerprint density at radius 3 is 2.86 bits per heavy atom. The van der Waals surface area contributed by atoms with Crippen molar-refractivity contribution in [2.24, 2.45) is 5.41 Å². The van der Waals surface area contributed by atoms with Gasteiger partial charge in [-0.05, 0) is 30.4 Å². The van der Waals surface area contributed by atoms with Crippen LogP contribution < -0.4 is 0 Å². The molecule has 0 aliphatic heterocycles. The monoisotopic (exact) mass is 191 g/mol. The topological polar surface area (TPSA) is 22.0 Å². The second kappa shape index (κ2) is 3.60. The first-order valence-electron chi connectivity index (χ1n) is 5.34. The van der Waals surface area contributed by atoms with Gasteiger partial charge in [0.05, 0.1) is 5.69 Å². The summed E-state index contributed by atoms with van der Waals surface area (Å²) in [5, 5.41) is 0. The van der Waals surface area contributed by atoms with Gasteiger partial charge in [0.1, 0.15) is 0 Å². The second-order valence-electron chi connectivity index (χ2n) is 4.70. The Balaban J connectivity index is 2.13. The molecule has 0 radical (unpaired) electrons. The van der Waals surface area contributed by atoms with Crippen molar-refractivity contribution < 1.29 is 4.79 Å². The molecule has 0 atom stereocenters. The molecule has 1 saturated carbocycles. The van der Waals surface area contributed by atoms with Crippen LogP contribution in [0.15, 0.2) is 18.3 Å². The number of hydrogen-bond acceptors (Lipinski definition) is 1. The van der Waals surface area contributed by atoms with Crippen molar-refractivity contribution in [2.45, 2.75) is 39.2 Å². The molecular weight excluding hydrogens is 174 g/mol. The van der Waals surface area contributed by atoms with Crippen molar-refractivity contribution in [3.8, 4) is 0 Å². The average Bonchev–Trinajstić information content (AvgIpc) is 2.75. The molecule has 1 aliphatic rings. The zero-order chi connectivity index (χ0) is 10.0. The molecule has 14 heavy (non-hydrogen) atoms. The highest BCUT2D eigenvalue weighted by molar-refractivity contribution is 5.72. The van der Waals surface area contributed by atoms with E-state index in [-0.39, 0.29) is 0 Å². The Kier molecular flexibility index (Phi) is 2.44. The number of aldehydes is 1. The summed E-state index contributed by atoms with van der Waals surface area (Å²) in [4.78, 5) is 10.7. The van der Waals surface area contributed by atoms with Gasteiger partial charge in [-0.3, -0.25) is 4.79 Å². The van der Waals surface area contributed by atoms with E-state index in [9.17, 15) is 4.79 Å². The van der Waals surface area contributed by atoms with Crippen molar-refractivity contribution >= 4 is 6.29 Å². The smallest absolute Gasteiger partial charge is 0.166 e. The lowest BCUT2D eigenvalue weighted by Gasteiger charge is -2.24. The van der Waals surface area contributed by atoms with Crippen molar-refractivity contribution in [3.05, 3.63) is 24.0 Å². The van der Waals surface area contributed by atoms with E-state index < -0.39 is 0 Å². The van der Waals surface area contributed by atoms with Crippen molar-refractivity contribution in [2.75, 3.05) is 0 Å². The highest BCUT2D eigenvalue weighted by Crippen LogP contribution is 2.39. The van der Waals surface area contributed by atoms with Gasteiger partial charge in [0.2, 0.25) is 0 Å². The molecule has 0 unspecified atom stereocenters. The van der Waals surface area contributed by atoms with Crippen LogP contribution in [0.2, 0.25) is 0 Å². The van der Waals surface area contributed by atoms with Crippen molar-refractivity contribution in [3.63, 3.8) is 0 Å². The number of hydrogen-bond donors (Lipinski definition) is 0. The zero-order valence-corrected chi connectivity index (χ0v) is 8.70. The Labute approximate surface area is 84.9 Å². The Hall–Kier alpha value is -1.05. The van der Waals surface area contributed by atoms with E-state index >= 15 is 0 Å². The summed E-state index contributed by atoms with van der Waals surface area (Å²) in [6.07, 6.45) is 8.22. The molecule has 2 nitrogen and oxygen atoms in total. The van der Waals surface area contributed by atoms with Crippen LogP contribution in [0.3, 0.4) is 0 Å². The van der Waals surface area contributed by atoms with E-state index in [2.05, 4.69) is 11.5 Å². The standard InChI is InChI=1S/C12H17NO/c1-12(6-2-3-7-12)10-13-8-4-5-11(13)9-14/h4-5,8-9H,2-3,6-7,10H2,1H3. The van der Waals surface area contributed by atoms with Crippen molar-refractivity contribution in [1.82, 2.24) is 4.57 Å². The van der Waals surface area contributed by atoms with Gasteiger partial charge in [0.25, 0.3) is 0 Å². The number of carbonyl (C=O) groups excluding carboxylic acids is 1. The fourth-order valence-electron chi connectivity index (χ4n) is 2.48. The highest BCUT2D eigenvalue weighted by atomic mass is 16.1. The quantitative estimate of drug-likeness (QED) is 0.673. The Bertz CT molecular complexity index is 321. The fourth-order valence-corrected chi connectivity index (χ4v) is 2.48. The Morgan fingerprint density at radius 1 is 1.50 bits per heavy atom. The van der Waals surface area contributed by atoms with E-state index in [1.807, 2.05) is 18.3 Å². The van der Waals surface area contributed by atoms with E-state index in [0.29, 0.717) is 5.41 Å². The summed E-state index contributed by atoms with van der Waals surface area (Å²) in [6, 6.07) is 3.83. The normalized spacial score (nSPS) is 19.8. The average molecular weight is 191 g/mol. The lowest BCUT2D eigenvalue weighted by molar-refractivity contribution is 0.111. The maximum atomic E-state index is 10.7. The van der Waals surface area contributed by atoms with Crippen LogP contribution in [0.5, 0.6) is 0 Å². The minimum absolute atomic E-state index is 0.413. The van der Waals surface area contributed by atoms with Crippen LogP contribution in [0.4, 0.5) is 0 Å². The minimum Gasteiger partial charge on any atom is -0.345 e. The maximum absolute atomic E-state index is 10.7. The number of rotatable bonds is 3. The third-order valence-electron chi connectivity index (χ3n) is 3.35. The van der Waals surface area contributed by atoms with Crippen LogP contribution >= 0.6 is 0 Å². The molecule has 1 aromatic rings. The third kappa shape index (κ3) is 1.74. The van der Waals surface area contributed by atoms with E-state index in [1.165, 1.54) is 25.7 Å². The number of nitrogens with zero attached hydrogens (tertiary/aromatic N) is 1. The predicted octanol–water partition coefficient (Wildman–Crippen LogP) is 2.88. The second-order valence-corrected chi connectivity index (χ2v) is 4.70. The summed E-state index contributed by atoms with van der Waals surface area (Å²) in [5.41, 5.74) is 1.22. The molecule has 0 N–H and O–H groups in total. The molecular formula is C12H17NO. The van der Waals surface area contributed by atoms with E-state index in [0.717, 1.165) is 18.5 Å². The molecule has 1 aliphatic carbocycles. The van der Waals surface area contributed by atoms with Gasteiger partial charge in [0, 0.05) is 12.7 Å². The lowest BCUT2D eigenvalue weighted by Crippen LogP contribution is -2.20. The minimum atomic E-state index is 0.413. The molecule has 76 valence electrons. The zero-order valence-electron chi connectivity index (χ0n) is 8.70. The van der Waals surface area contributed by atoms with Gasteiger partial charge >= 0.3 is 0 Å². The first-order chi connectivity index (χ1) is 6.73. The molecule has 0 spiro atoms. The van der Waals surface area contributed by atoms with E-state index in [1.54, 1.807) is 0 Å². The van der Waals surface area contributed by atoms with Gasteiger partial charge in [-0.2, -0.15) is 0 Å². The fraction of sp³-hybridized carbons (Fsp3) is 0.583. The number of aromatic nitrogens is 1. The molecule has 1 fully saturated rings. The summed E-state index contributed by atoms with van der Waals surface area (Å²) in [5.74, 6) is 0. The molecule has 0 aromatic carbocycles. The van der Waals surface area contributed by atoms with Crippen LogP contribution in [0.1, 0.15) is 43.1 Å². The summed E-state index contributed by atoms with van der Waals surface area (Å²) < 4.78 is 2.08. The highest BCUT2D eigenvalue weighted by Gasteiger charge is 2.29. The molecule has 0 bridgehead atoms. The lowest BCUT2D eigenvalue weighted by atomic mass is 9.89. The van der Waals surface area contributed by atoms with Crippen LogP contribution in [0.25, 0.3) is 0 Å². The SMILES string of the molecule is CC1(Cn2cccc2C=O)CCCC1. The van der Waals surface area contributed by atoms with E-state index in [4.69, 9.17) is 0 Å². The summed E-state index contributed by atoms with van der Waals surface area (Å²) in [7, 11) is 0. The van der Waals surface area contributed by atoms with Crippen LogP contribution in [-0.2, 0) is 6.54 Å².